The molecule has 3 aliphatic rings. The van der Waals surface area contributed by atoms with Crippen molar-refractivity contribution in [2.75, 3.05) is 32.9 Å². The normalized spacial score (nSPS) is 30.2. The third-order valence-electron chi connectivity index (χ3n) is 5.80. The van der Waals surface area contributed by atoms with Gasteiger partial charge in [-0.2, -0.15) is 0 Å². The molecule has 5 nitrogen and oxygen atoms in total. The van der Waals surface area contributed by atoms with Crippen molar-refractivity contribution in [1.29, 1.82) is 0 Å². The molecule has 2 saturated heterocycles. The van der Waals surface area contributed by atoms with Crippen LogP contribution in [-0.2, 0) is 9.47 Å². The Morgan fingerprint density at radius 1 is 1.42 bits per heavy atom. The third kappa shape index (κ3) is 3.11. The molecule has 3 heterocycles. The van der Waals surface area contributed by atoms with E-state index in [1.165, 1.54) is 12.8 Å². The van der Waals surface area contributed by atoms with E-state index in [4.69, 9.17) is 13.9 Å². The minimum Gasteiger partial charge on any atom is -0.469 e. The molecule has 4 rings (SSSR count). The topological polar surface area (TPSA) is 51.9 Å². The van der Waals surface area contributed by atoms with Crippen molar-refractivity contribution in [3.8, 4) is 0 Å². The van der Waals surface area contributed by atoms with Gasteiger partial charge in [0, 0.05) is 31.7 Å². The number of piperidine rings is 1. The number of carbonyl (C=O) groups excluding carboxylic acids is 1. The Hall–Kier alpha value is -1.33. The second-order valence-corrected chi connectivity index (χ2v) is 7.69. The maximum atomic E-state index is 12.9. The maximum absolute atomic E-state index is 12.9. The lowest BCUT2D eigenvalue weighted by Crippen LogP contribution is -2.58. The highest BCUT2D eigenvalue weighted by molar-refractivity contribution is 5.95. The van der Waals surface area contributed by atoms with Crippen molar-refractivity contribution in [3.63, 3.8) is 0 Å². The molecule has 0 N–H and O–H groups in total. The number of ether oxygens (including phenoxy) is 2. The molecule has 132 valence electrons. The summed E-state index contributed by atoms with van der Waals surface area (Å²) in [7, 11) is 0. The number of aryl methyl sites for hydroxylation is 1. The molecule has 24 heavy (non-hydrogen) atoms. The van der Waals surface area contributed by atoms with Crippen molar-refractivity contribution in [3.05, 3.63) is 23.7 Å². The smallest absolute Gasteiger partial charge is 0.257 e. The van der Waals surface area contributed by atoms with Gasteiger partial charge in [0.15, 0.2) is 0 Å². The third-order valence-corrected chi connectivity index (χ3v) is 5.80. The van der Waals surface area contributed by atoms with E-state index in [0.29, 0.717) is 17.9 Å². The van der Waals surface area contributed by atoms with Crippen LogP contribution in [-0.4, -0.2) is 49.8 Å². The lowest BCUT2D eigenvalue weighted by molar-refractivity contribution is -0.147. The minimum atomic E-state index is -0.0430. The first-order valence-electron chi connectivity index (χ1n) is 9.21. The average molecular weight is 333 g/mol. The Morgan fingerprint density at radius 2 is 2.29 bits per heavy atom. The summed E-state index contributed by atoms with van der Waals surface area (Å²) in [6, 6.07) is 1.78. The SMILES string of the molecule is Cc1occc1C(=O)N1CC[C@H]2OCCC[C@]2(COCC2CC2)C1. The highest BCUT2D eigenvalue weighted by atomic mass is 16.5. The zero-order valence-corrected chi connectivity index (χ0v) is 14.5. The van der Waals surface area contributed by atoms with Crippen LogP contribution in [0.25, 0.3) is 0 Å². The summed E-state index contributed by atoms with van der Waals surface area (Å²) < 4.78 is 17.4. The number of likely N-dealkylation sites (tertiary alicyclic amines) is 1. The van der Waals surface area contributed by atoms with Gasteiger partial charge in [0.05, 0.1) is 24.5 Å². The lowest BCUT2D eigenvalue weighted by atomic mass is 9.73. The molecule has 0 radical (unpaired) electrons. The predicted octanol–water partition coefficient (Wildman–Crippen LogP) is 3.03. The maximum Gasteiger partial charge on any atom is 0.257 e. The molecule has 2 atom stereocenters. The van der Waals surface area contributed by atoms with Gasteiger partial charge in [-0.15, -0.1) is 0 Å². The summed E-state index contributed by atoms with van der Waals surface area (Å²) in [4.78, 5) is 14.9. The van der Waals surface area contributed by atoms with Gasteiger partial charge in [-0.3, -0.25) is 4.79 Å². The van der Waals surface area contributed by atoms with Crippen molar-refractivity contribution in [2.45, 2.75) is 45.1 Å². The first kappa shape index (κ1) is 16.2. The largest absolute Gasteiger partial charge is 0.469 e. The van der Waals surface area contributed by atoms with E-state index < -0.39 is 0 Å². The van der Waals surface area contributed by atoms with Gasteiger partial charge in [-0.1, -0.05) is 0 Å². The fourth-order valence-electron chi connectivity index (χ4n) is 4.16. The van der Waals surface area contributed by atoms with E-state index in [1.54, 1.807) is 12.3 Å². The van der Waals surface area contributed by atoms with E-state index >= 15 is 0 Å². The molecular weight excluding hydrogens is 306 g/mol. The number of fused-ring (bicyclic) bond motifs is 1. The molecule has 0 aromatic carbocycles. The number of hydrogen-bond acceptors (Lipinski definition) is 4. The molecule has 1 aromatic heterocycles. The molecule has 2 aliphatic heterocycles. The lowest BCUT2D eigenvalue weighted by Gasteiger charge is -2.50. The van der Waals surface area contributed by atoms with Crippen molar-refractivity contribution in [1.82, 2.24) is 4.90 Å². The number of amides is 1. The molecule has 1 aliphatic carbocycles. The molecule has 3 fully saturated rings. The minimum absolute atomic E-state index is 0.0430. The van der Waals surface area contributed by atoms with Gasteiger partial charge in [0.25, 0.3) is 5.91 Å². The van der Waals surface area contributed by atoms with Crippen LogP contribution < -0.4 is 0 Å². The second kappa shape index (κ2) is 6.52. The highest BCUT2D eigenvalue weighted by Crippen LogP contribution is 2.41. The van der Waals surface area contributed by atoms with Crippen molar-refractivity contribution < 1.29 is 18.7 Å². The molecular formula is C19H27NO4. The molecule has 0 unspecified atom stereocenters. The number of furan rings is 1. The Labute approximate surface area is 143 Å². The fraction of sp³-hybridized carbons (Fsp3) is 0.737. The summed E-state index contributed by atoms with van der Waals surface area (Å²) in [5.41, 5.74) is 0.637. The van der Waals surface area contributed by atoms with E-state index in [9.17, 15) is 4.79 Å². The molecule has 1 saturated carbocycles. The molecule has 1 aromatic rings. The highest BCUT2D eigenvalue weighted by Gasteiger charge is 2.47. The summed E-state index contributed by atoms with van der Waals surface area (Å²) in [5, 5.41) is 0. The molecule has 0 bridgehead atoms. The van der Waals surface area contributed by atoms with E-state index in [0.717, 1.165) is 51.5 Å². The standard InChI is InChI=1S/C19H27NO4/c1-14-16(6-10-23-14)18(21)20-8-5-17-19(12-20,7-2-9-24-17)13-22-11-15-3-4-15/h6,10,15,17H,2-5,7-9,11-13H2,1H3/t17-,19-/m1/s1. The van der Waals surface area contributed by atoms with E-state index in [1.807, 2.05) is 11.8 Å². The van der Waals surface area contributed by atoms with E-state index in [-0.39, 0.29) is 17.4 Å². The van der Waals surface area contributed by atoms with Gasteiger partial charge in [0.2, 0.25) is 0 Å². The summed E-state index contributed by atoms with van der Waals surface area (Å²) in [5.74, 6) is 1.53. The first-order chi connectivity index (χ1) is 11.7. The summed E-state index contributed by atoms with van der Waals surface area (Å²) in [6.45, 7) is 5.73. The van der Waals surface area contributed by atoms with Crippen LogP contribution in [0.3, 0.4) is 0 Å². The van der Waals surface area contributed by atoms with Crippen molar-refractivity contribution >= 4 is 5.91 Å². The molecule has 1 amide bonds. The number of carbonyl (C=O) groups is 1. The fourth-order valence-corrected chi connectivity index (χ4v) is 4.16. The van der Waals surface area contributed by atoms with Gasteiger partial charge >= 0.3 is 0 Å². The first-order valence-corrected chi connectivity index (χ1v) is 9.21. The Morgan fingerprint density at radius 3 is 3.04 bits per heavy atom. The van der Waals surface area contributed by atoms with Crippen LogP contribution in [0.1, 0.15) is 48.2 Å². The van der Waals surface area contributed by atoms with Crippen LogP contribution in [0.4, 0.5) is 0 Å². The average Bonchev–Trinajstić information content (AvgIpc) is 3.32. The number of nitrogens with zero attached hydrogens (tertiary/aromatic N) is 1. The second-order valence-electron chi connectivity index (χ2n) is 7.69. The number of hydrogen-bond donors (Lipinski definition) is 0. The quantitative estimate of drug-likeness (QED) is 0.831. The molecule has 5 heteroatoms. The number of rotatable bonds is 5. The van der Waals surface area contributed by atoms with Crippen LogP contribution in [0.15, 0.2) is 16.7 Å². The Bertz CT molecular complexity index is 594. The van der Waals surface area contributed by atoms with Crippen molar-refractivity contribution in [2.24, 2.45) is 11.3 Å². The Kier molecular flexibility index (Phi) is 4.39. The van der Waals surface area contributed by atoms with Gasteiger partial charge in [0.1, 0.15) is 5.76 Å². The van der Waals surface area contributed by atoms with Gasteiger partial charge in [-0.05, 0) is 51.0 Å². The Balaban J connectivity index is 1.47. The van der Waals surface area contributed by atoms with Gasteiger partial charge in [-0.25, -0.2) is 0 Å². The van der Waals surface area contributed by atoms with Crippen LogP contribution in [0.5, 0.6) is 0 Å². The zero-order valence-electron chi connectivity index (χ0n) is 14.5. The summed E-state index contributed by atoms with van der Waals surface area (Å²) >= 11 is 0. The van der Waals surface area contributed by atoms with Crippen LogP contribution >= 0.6 is 0 Å². The monoisotopic (exact) mass is 333 g/mol. The summed E-state index contributed by atoms with van der Waals surface area (Å²) in [6.07, 6.45) is 7.45. The molecule has 0 spiro atoms. The predicted molar refractivity (Wildman–Crippen MR) is 88.9 cm³/mol. The van der Waals surface area contributed by atoms with Crippen LogP contribution in [0.2, 0.25) is 0 Å². The van der Waals surface area contributed by atoms with Crippen LogP contribution in [0, 0.1) is 18.3 Å². The zero-order chi connectivity index (χ0) is 16.6. The van der Waals surface area contributed by atoms with Gasteiger partial charge < -0.3 is 18.8 Å². The van der Waals surface area contributed by atoms with E-state index in [2.05, 4.69) is 0 Å².